The average Bonchev–Trinajstić information content (AvgIpc) is 2.40. The number of amides is 2. The van der Waals surface area contributed by atoms with E-state index in [9.17, 15) is 9.59 Å². The van der Waals surface area contributed by atoms with E-state index in [4.69, 9.17) is 5.90 Å². The van der Waals surface area contributed by atoms with Crippen molar-refractivity contribution in [3.8, 4) is 0 Å². The van der Waals surface area contributed by atoms with Crippen LogP contribution in [-0.4, -0.2) is 31.5 Å². The smallest absolute Gasteiger partial charge is 0.246 e. The summed E-state index contributed by atoms with van der Waals surface area (Å²) in [4.78, 5) is 28.9. The quantitative estimate of drug-likeness (QED) is 0.710. The van der Waals surface area contributed by atoms with E-state index in [1.807, 2.05) is 24.3 Å². The maximum atomic E-state index is 11.7. The van der Waals surface area contributed by atoms with Gasteiger partial charge in [0.05, 0.1) is 13.2 Å². The SMILES string of the molecule is NOCCc1ccc(N2CC(=O)NCC2=O)cc1. The Bertz CT molecular complexity index is 444. The number of piperazine rings is 1. The molecule has 0 atom stereocenters. The lowest BCUT2D eigenvalue weighted by Crippen LogP contribution is -2.51. The summed E-state index contributed by atoms with van der Waals surface area (Å²) in [5.41, 5.74) is 1.80. The molecule has 1 aromatic carbocycles. The maximum absolute atomic E-state index is 11.7. The maximum Gasteiger partial charge on any atom is 0.246 e. The van der Waals surface area contributed by atoms with Gasteiger partial charge in [-0.1, -0.05) is 12.1 Å². The molecule has 18 heavy (non-hydrogen) atoms. The van der Waals surface area contributed by atoms with Gasteiger partial charge in [-0.2, -0.15) is 0 Å². The Kier molecular flexibility index (Phi) is 3.91. The number of hydrogen-bond acceptors (Lipinski definition) is 4. The van der Waals surface area contributed by atoms with Crippen molar-refractivity contribution in [2.24, 2.45) is 5.90 Å². The highest BCUT2D eigenvalue weighted by Gasteiger charge is 2.24. The number of anilines is 1. The number of hydrogen-bond donors (Lipinski definition) is 2. The van der Waals surface area contributed by atoms with Gasteiger partial charge < -0.3 is 15.1 Å². The van der Waals surface area contributed by atoms with Gasteiger partial charge in [0.15, 0.2) is 0 Å². The summed E-state index contributed by atoms with van der Waals surface area (Å²) < 4.78 is 0. The molecule has 1 saturated heterocycles. The van der Waals surface area contributed by atoms with Crippen molar-refractivity contribution in [3.05, 3.63) is 29.8 Å². The van der Waals surface area contributed by atoms with E-state index in [0.717, 1.165) is 11.3 Å². The van der Waals surface area contributed by atoms with Crippen molar-refractivity contribution in [1.29, 1.82) is 0 Å². The van der Waals surface area contributed by atoms with E-state index >= 15 is 0 Å². The monoisotopic (exact) mass is 249 g/mol. The highest BCUT2D eigenvalue weighted by molar-refractivity contribution is 6.04. The first-order chi connectivity index (χ1) is 8.70. The summed E-state index contributed by atoms with van der Waals surface area (Å²) in [6, 6.07) is 7.44. The summed E-state index contributed by atoms with van der Waals surface area (Å²) in [7, 11) is 0. The average molecular weight is 249 g/mol. The zero-order chi connectivity index (χ0) is 13.0. The predicted molar refractivity (Wildman–Crippen MR) is 65.6 cm³/mol. The lowest BCUT2D eigenvalue weighted by atomic mass is 10.1. The first kappa shape index (κ1) is 12.5. The summed E-state index contributed by atoms with van der Waals surface area (Å²) >= 11 is 0. The molecule has 2 rings (SSSR count). The lowest BCUT2D eigenvalue weighted by molar-refractivity contribution is -0.128. The van der Waals surface area contributed by atoms with Gasteiger partial charge in [-0.15, -0.1) is 0 Å². The Morgan fingerprint density at radius 2 is 2.00 bits per heavy atom. The van der Waals surface area contributed by atoms with E-state index in [0.29, 0.717) is 13.0 Å². The van der Waals surface area contributed by atoms with Crippen LogP contribution in [0.5, 0.6) is 0 Å². The van der Waals surface area contributed by atoms with E-state index in [2.05, 4.69) is 10.2 Å². The van der Waals surface area contributed by atoms with Crippen molar-refractivity contribution < 1.29 is 14.4 Å². The van der Waals surface area contributed by atoms with Crippen LogP contribution in [0.25, 0.3) is 0 Å². The second kappa shape index (κ2) is 5.61. The fraction of sp³-hybridized carbons (Fsp3) is 0.333. The van der Waals surface area contributed by atoms with Crippen molar-refractivity contribution in [1.82, 2.24) is 5.32 Å². The molecule has 1 aliphatic rings. The highest BCUT2D eigenvalue weighted by atomic mass is 16.6. The van der Waals surface area contributed by atoms with Crippen molar-refractivity contribution in [2.75, 3.05) is 24.6 Å². The van der Waals surface area contributed by atoms with Gasteiger partial charge in [-0.3, -0.25) is 9.59 Å². The number of nitrogens with one attached hydrogen (secondary N) is 1. The van der Waals surface area contributed by atoms with Crippen LogP contribution in [0, 0.1) is 0 Å². The third-order valence-corrected chi connectivity index (χ3v) is 2.80. The molecule has 1 aliphatic heterocycles. The van der Waals surface area contributed by atoms with Gasteiger partial charge in [-0.25, -0.2) is 5.90 Å². The predicted octanol–water partition coefficient (Wildman–Crippen LogP) is -0.418. The Balaban J connectivity index is 2.08. The van der Waals surface area contributed by atoms with Crippen LogP contribution in [0.2, 0.25) is 0 Å². The molecule has 2 amide bonds. The van der Waals surface area contributed by atoms with Crippen molar-refractivity contribution >= 4 is 17.5 Å². The molecule has 0 aliphatic carbocycles. The summed E-state index contributed by atoms with van der Waals surface area (Å²) in [6.45, 7) is 0.579. The third kappa shape index (κ3) is 2.85. The van der Waals surface area contributed by atoms with E-state index < -0.39 is 0 Å². The fourth-order valence-electron chi connectivity index (χ4n) is 1.81. The van der Waals surface area contributed by atoms with Crippen molar-refractivity contribution in [3.63, 3.8) is 0 Å². The van der Waals surface area contributed by atoms with Gasteiger partial charge in [0.1, 0.15) is 6.54 Å². The molecule has 1 aromatic rings. The van der Waals surface area contributed by atoms with Crippen LogP contribution in [0.15, 0.2) is 24.3 Å². The minimum absolute atomic E-state index is 0.0571. The van der Waals surface area contributed by atoms with Crippen LogP contribution in [0.4, 0.5) is 5.69 Å². The molecule has 0 unspecified atom stereocenters. The van der Waals surface area contributed by atoms with Gasteiger partial charge in [0.25, 0.3) is 0 Å². The number of carbonyl (C=O) groups excluding carboxylic acids is 2. The molecule has 96 valence electrons. The molecular formula is C12H15N3O3. The summed E-state index contributed by atoms with van der Waals surface area (Å²) in [5, 5.41) is 2.51. The van der Waals surface area contributed by atoms with Crippen LogP contribution in [0.1, 0.15) is 5.56 Å². The minimum atomic E-state index is -0.143. The molecule has 0 saturated carbocycles. The molecule has 0 spiro atoms. The second-order valence-corrected chi connectivity index (χ2v) is 4.04. The minimum Gasteiger partial charge on any atom is -0.345 e. The number of benzene rings is 1. The number of nitrogens with zero attached hydrogens (tertiary/aromatic N) is 1. The zero-order valence-electron chi connectivity index (χ0n) is 9.89. The Labute approximate surface area is 105 Å². The molecule has 0 bridgehead atoms. The van der Waals surface area contributed by atoms with Gasteiger partial charge in [0, 0.05) is 5.69 Å². The molecule has 1 fully saturated rings. The number of carbonyl (C=O) groups is 2. The first-order valence-corrected chi connectivity index (χ1v) is 5.68. The molecule has 1 heterocycles. The number of nitrogens with two attached hydrogens (primary N) is 1. The normalized spacial score (nSPS) is 15.7. The van der Waals surface area contributed by atoms with Crippen LogP contribution in [0.3, 0.4) is 0 Å². The molecule has 0 aromatic heterocycles. The summed E-state index contributed by atoms with van der Waals surface area (Å²) in [5.74, 6) is 4.71. The van der Waals surface area contributed by atoms with E-state index in [-0.39, 0.29) is 24.9 Å². The van der Waals surface area contributed by atoms with Crippen molar-refractivity contribution in [2.45, 2.75) is 6.42 Å². The first-order valence-electron chi connectivity index (χ1n) is 5.68. The Morgan fingerprint density at radius 1 is 1.28 bits per heavy atom. The van der Waals surface area contributed by atoms with E-state index in [1.165, 1.54) is 4.90 Å². The van der Waals surface area contributed by atoms with E-state index in [1.54, 1.807) is 0 Å². The molecule has 0 radical (unpaired) electrons. The van der Waals surface area contributed by atoms with Gasteiger partial charge in [-0.05, 0) is 24.1 Å². The molecular weight excluding hydrogens is 234 g/mol. The third-order valence-electron chi connectivity index (χ3n) is 2.80. The molecule has 6 heteroatoms. The highest BCUT2D eigenvalue weighted by Crippen LogP contribution is 2.16. The molecule has 3 N–H and O–H groups in total. The summed E-state index contributed by atoms with van der Waals surface area (Å²) in [6.07, 6.45) is 0.714. The molecule has 6 nitrogen and oxygen atoms in total. The van der Waals surface area contributed by atoms with Crippen LogP contribution < -0.4 is 16.1 Å². The topological polar surface area (TPSA) is 84.7 Å². The Morgan fingerprint density at radius 3 is 2.67 bits per heavy atom. The number of rotatable bonds is 4. The fourth-order valence-corrected chi connectivity index (χ4v) is 1.81. The standard InChI is InChI=1S/C12H15N3O3/c13-18-6-5-9-1-3-10(4-2-9)15-8-11(16)14-7-12(15)17/h1-4H,5-8,13H2,(H,14,16). The van der Waals surface area contributed by atoms with Gasteiger partial charge in [0.2, 0.25) is 11.8 Å². The van der Waals surface area contributed by atoms with Crippen LogP contribution >= 0.6 is 0 Å². The second-order valence-electron chi connectivity index (χ2n) is 4.04. The zero-order valence-corrected chi connectivity index (χ0v) is 9.89. The van der Waals surface area contributed by atoms with Gasteiger partial charge >= 0.3 is 0 Å². The van der Waals surface area contributed by atoms with Crippen LogP contribution in [-0.2, 0) is 20.8 Å². The largest absolute Gasteiger partial charge is 0.345 e. The Hall–Kier alpha value is -1.92. The lowest BCUT2D eigenvalue weighted by Gasteiger charge is -2.26.